The molecule has 1 aliphatic heterocycles. The van der Waals surface area contributed by atoms with Crippen LogP contribution in [0.2, 0.25) is 0 Å². The van der Waals surface area contributed by atoms with Crippen LogP contribution in [0.15, 0.2) is 18.2 Å². The molecule has 108 valence electrons. The van der Waals surface area contributed by atoms with Gasteiger partial charge in [-0.3, -0.25) is 0 Å². The van der Waals surface area contributed by atoms with Gasteiger partial charge in [0.2, 0.25) is 0 Å². The first-order chi connectivity index (χ1) is 9.50. The molecule has 1 saturated heterocycles. The third-order valence-electron chi connectivity index (χ3n) is 3.43. The van der Waals surface area contributed by atoms with E-state index in [0.717, 1.165) is 31.9 Å². The van der Waals surface area contributed by atoms with Gasteiger partial charge in [-0.15, -0.1) is 0 Å². The standard InChI is InChI=1S/C14H16F3N3/c15-14(16,17)13-8-12(4-3-10(13)9-18)20-7-5-11-2-1-6-19-11/h3-4,8,11,19-20H,1-2,5-7H2/t11-/m1/s1. The molecular formula is C14H16F3N3. The van der Waals surface area contributed by atoms with Crippen molar-refractivity contribution in [1.82, 2.24) is 5.32 Å². The lowest BCUT2D eigenvalue weighted by atomic mass is 10.1. The first kappa shape index (κ1) is 14.7. The minimum atomic E-state index is -4.50. The van der Waals surface area contributed by atoms with Gasteiger partial charge in [0.15, 0.2) is 0 Å². The summed E-state index contributed by atoms with van der Waals surface area (Å²) in [6, 6.07) is 5.74. The highest BCUT2D eigenvalue weighted by Crippen LogP contribution is 2.33. The number of nitrogens with zero attached hydrogens (tertiary/aromatic N) is 1. The highest BCUT2D eigenvalue weighted by molar-refractivity contribution is 5.53. The lowest BCUT2D eigenvalue weighted by Gasteiger charge is -2.14. The van der Waals surface area contributed by atoms with E-state index in [1.807, 2.05) is 0 Å². The van der Waals surface area contributed by atoms with Gasteiger partial charge in [0.25, 0.3) is 0 Å². The number of nitrogens with one attached hydrogen (secondary N) is 2. The monoisotopic (exact) mass is 283 g/mol. The Morgan fingerprint density at radius 3 is 2.80 bits per heavy atom. The summed E-state index contributed by atoms with van der Waals surface area (Å²) < 4.78 is 38.4. The number of nitriles is 1. The van der Waals surface area contributed by atoms with Crippen molar-refractivity contribution in [1.29, 1.82) is 5.26 Å². The minimum absolute atomic E-state index is 0.347. The van der Waals surface area contributed by atoms with Crippen molar-refractivity contribution in [2.24, 2.45) is 0 Å². The maximum absolute atomic E-state index is 12.8. The molecular weight excluding hydrogens is 267 g/mol. The summed E-state index contributed by atoms with van der Waals surface area (Å²) in [7, 11) is 0. The molecule has 0 spiro atoms. The van der Waals surface area contributed by atoms with Crippen LogP contribution in [-0.2, 0) is 6.18 Å². The van der Waals surface area contributed by atoms with Crippen LogP contribution in [0.3, 0.4) is 0 Å². The Bertz CT molecular complexity index is 499. The summed E-state index contributed by atoms with van der Waals surface area (Å²) in [6.07, 6.45) is -1.36. The smallest absolute Gasteiger partial charge is 0.385 e. The zero-order valence-electron chi connectivity index (χ0n) is 10.9. The van der Waals surface area contributed by atoms with Crippen LogP contribution < -0.4 is 10.6 Å². The molecule has 3 nitrogen and oxygen atoms in total. The zero-order chi connectivity index (χ0) is 14.6. The highest BCUT2D eigenvalue weighted by atomic mass is 19.4. The summed E-state index contributed by atoms with van der Waals surface area (Å²) in [4.78, 5) is 0. The van der Waals surface area contributed by atoms with Crippen LogP contribution in [-0.4, -0.2) is 19.1 Å². The number of halogens is 3. The summed E-state index contributed by atoms with van der Waals surface area (Å²) in [5.41, 5.74) is -0.834. The lowest BCUT2D eigenvalue weighted by Crippen LogP contribution is -2.24. The summed E-state index contributed by atoms with van der Waals surface area (Å²) in [6.45, 7) is 1.63. The second-order valence-corrected chi connectivity index (χ2v) is 4.88. The van der Waals surface area contributed by atoms with E-state index in [0.29, 0.717) is 18.3 Å². The Labute approximate surface area is 115 Å². The van der Waals surface area contributed by atoms with E-state index in [9.17, 15) is 13.2 Å². The average molecular weight is 283 g/mol. The second-order valence-electron chi connectivity index (χ2n) is 4.88. The third-order valence-corrected chi connectivity index (χ3v) is 3.43. The van der Waals surface area contributed by atoms with Gasteiger partial charge in [-0.25, -0.2) is 0 Å². The Hall–Kier alpha value is -1.74. The second kappa shape index (κ2) is 6.14. The number of alkyl halides is 3. The summed E-state index contributed by atoms with van der Waals surface area (Å²) in [5, 5.41) is 15.0. The van der Waals surface area contributed by atoms with Crippen LogP contribution in [0.4, 0.5) is 18.9 Å². The van der Waals surface area contributed by atoms with Gasteiger partial charge in [-0.2, -0.15) is 18.4 Å². The van der Waals surface area contributed by atoms with E-state index in [2.05, 4.69) is 10.6 Å². The normalized spacial score (nSPS) is 18.8. The third kappa shape index (κ3) is 3.64. The van der Waals surface area contributed by atoms with Gasteiger partial charge < -0.3 is 10.6 Å². The maximum Gasteiger partial charge on any atom is 0.417 e. The molecule has 20 heavy (non-hydrogen) atoms. The molecule has 2 rings (SSSR count). The van der Waals surface area contributed by atoms with E-state index in [1.54, 1.807) is 6.07 Å². The molecule has 0 aliphatic carbocycles. The SMILES string of the molecule is N#Cc1ccc(NCC[C@H]2CCCN2)cc1C(F)(F)F. The van der Waals surface area contributed by atoms with Crippen LogP contribution in [0, 0.1) is 11.3 Å². The van der Waals surface area contributed by atoms with Gasteiger partial charge in [0.1, 0.15) is 0 Å². The van der Waals surface area contributed by atoms with Gasteiger partial charge in [0, 0.05) is 18.3 Å². The van der Waals surface area contributed by atoms with Crippen LogP contribution >= 0.6 is 0 Å². The number of rotatable bonds is 4. The molecule has 1 aromatic carbocycles. The van der Waals surface area contributed by atoms with E-state index in [1.165, 1.54) is 12.1 Å². The molecule has 6 heteroatoms. The Kier molecular flexibility index (Phi) is 4.50. The number of anilines is 1. The molecule has 1 aromatic rings. The molecule has 0 radical (unpaired) electrons. The average Bonchev–Trinajstić information content (AvgIpc) is 2.91. The largest absolute Gasteiger partial charge is 0.417 e. The van der Waals surface area contributed by atoms with E-state index in [-0.39, 0.29) is 5.56 Å². The number of hydrogen-bond acceptors (Lipinski definition) is 3. The quantitative estimate of drug-likeness (QED) is 0.892. The molecule has 1 atom stereocenters. The van der Waals surface area contributed by atoms with Gasteiger partial charge >= 0.3 is 6.18 Å². The van der Waals surface area contributed by atoms with E-state index < -0.39 is 11.7 Å². The molecule has 1 fully saturated rings. The van der Waals surface area contributed by atoms with E-state index >= 15 is 0 Å². The van der Waals surface area contributed by atoms with Crippen LogP contribution in [0.1, 0.15) is 30.4 Å². The Morgan fingerprint density at radius 1 is 1.40 bits per heavy atom. The maximum atomic E-state index is 12.8. The topological polar surface area (TPSA) is 47.9 Å². The predicted molar refractivity (Wildman–Crippen MR) is 70.3 cm³/mol. The fraction of sp³-hybridized carbons (Fsp3) is 0.500. The van der Waals surface area contributed by atoms with Crippen molar-refractivity contribution in [2.45, 2.75) is 31.5 Å². The molecule has 2 N–H and O–H groups in total. The zero-order valence-corrected chi connectivity index (χ0v) is 10.9. The van der Waals surface area contributed by atoms with E-state index in [4.69, 9.17) is 5.26 Å². The van der Waals surface area contributed by atoms with Crippen LogP contribution in [0.25, 0.3) is 0 Å². The van der Waals surface area contributed by atoms with Crippen LogP contribution in [0.5, 0.6) is 0 Å². The molecule has 1 heterocycles. The molecule has 0 bridgehead atoms. The Balaban J connectivity index is 2.00. The van der Waals surface area contributed by atoms with Crippen molar-refractivity contribution in [3.63, 3.8) is 0 Å². The Morgan fingerprint density at radius 2 is 2.20 bits per heavy atom. The lowest BCUT2D eigenvalue weighted by molar-refractivity contribution is -0.137. The predicted octanol–water partition coefficient (Wildman–Crippen LogP) is 3.13. The first-order valence-corrected chi connectivity index (χ1v) is 6.59. The minimum Gasteiger partial charge on any atom is -0.385 e. The van der Waals surface area contributed by atoms with Crippen molar-refractivity contribution in [2.75, 3.05) is 18.4 Å². The fourth-order valence-corrected chi connectivity index (χ4v) is 2.38. The highest BCUT2D eigenvalue weighted by Gasteiger charge is 2.33. The molecule has 0 saturated carbocycles. The summed E-state index contributed by atoms with van der Waals surface area (Å²) >= 11 is 0. The molecule has 0 unspecified atom stereocenters. The number of benzene rings is 1. The van der Waals surface area contributed by atoms with Crippen molar-refractivity contribution in [3.8, 4) is 6.07 Å². The molecule has 0 amide bonds. The van der Waals surface area contributed by atoms with Gasteiger partial charge in [-0.1, -0.05) is 0 Å². The molecule has 0 aromatic heterocycles. The number of hydrogen-bond donors (Lipinski definition) is 2. The van der Waals surface area contributed by atoms with Gasteiger partial charge in [-0.05, 0) is 44.0 Å². The van der Waals surface area contributed by atoms with Crippen molar-refractivity contribution < 1.29 is 13.2 Å². The first-order valence-electron chi connectivity index (χ1n) is 6.59. The van der Waals surface area contributed by atoms with Crippen molar-refractivity contribution >= 4 is 5.69 Å². The van der Waals surface area contributed by atoms with Gasteiger partial charge in [0.05, 0.1) is 17.2 Å². The fourth-order valence-electron chi connectivity index (χ4n) is 2.38. The van der Waals surface area contributed by atoms with Crippen molar-refractivity contribution in [3.05, 3.63) is 29.3 Å². The molecule has 1 aliphatic rings. The summed E-state index contributed by atoms with van der Waals surface area (Å²) in [5.74, 6) is 0.